The normalized spacial score (nSPS) is 13.7. The van der Waals surface area contributed by atoms with Gasteiger partial charge in [-0.05, 0) is 37.1 Å². The van der Waals surface area contributed by atoms with E-state index in [4.69, 9.17) is 9.84 Å². The number of carboxylic acid groups (broad SMARTS) is 1. The van der Waals surface area contributed by atoms with Crippen LogP contribution in [0.5, 0.6) is 5.75 Å². The van der Waals surface area contributed by atoms with E-state index in [1.165, 1.54) is 0 Å². The van der Waals surface area contributed by atoms with E-state index in [1.54, 1.807) is 19.2 Å². The summed E-state index contributed by atoms with van der Waals surface area (Å²) >= 11 is 0. The minimum Gasteiger partial charge on any atom is -0.497 e. The molecule has 2 unspecified atom stereocenters. The van der Waals surface area contributed by atoms with Crippen LogP contribution >= 0.6 is 0 Å². The van der Waals surface area contributed by atoms with Crippen molar-refractivity contribution in [3.8, 4) is 5.75 Å². The third kappa shape index (κ3) is 6.14. The monoisotopic (exact) mass is 295 g/mol. The van der Waals surface area contributed by atoms with Crippen LogP contribution in [-0.4, -0.2) is 35.9 Å². The third-order valence-electron chi connectivity index (χ3n) is 3.45. The molecule has 0 radical (unpaired) electrons. The number of hydrogen-bond acceptors (Lipinski definition) is 4. The van der Waals surface area contributed by atoms with Crippen LogP contribution in [0.25, 0.3) is 0 Å². The second-order valence-corrected chi connectivity index (χ2v) is 5.06. The van der Waals surface area contributed by atoms with Crippen LogP contribution < -0.4 is 10.1 Å². The van der Waals surface area contributed by atoms with E-state index in [0.717, 1.165) is 24.2 Å². The zero-order valence-electron chi connectivity index (χ0n) is 12.7. The van der Waals surface area contributed by atoms with Crippen molar-refractivity contribution in [2.45, 2.75) is 44.8 Å². The lowest BCUT2D eigenvalue weighted by molar-refractivity contribution is -0.139. The summed E-state index contributed by atoms with van der Waals surface area (Å²) in [5.41, 5.74) is 0.804. The molecule has 0 spiro atoms. The van der Waals surface area contributed by atoms with Gasteiger partial charge in [0, 0.05) is 0 Å². The lowest BCUT2D eigenvalue weighted by atomic mass is 10.1. The van der Waals surface area contributed by atoms with Crippen molar-refractivity contribution in [1.29, 1.82) is 0 Å². The summed E-state index contributed by atoms with van der Waals surface area (Å²) in [6, 6.07) is 6.69. The molecular formula is C16H25NO4. The number of unbranched alkanes of at least 4 members (excludes halogenated alkanes) is 1. The number of carbonyl (C=O) groups is 1. The molecule has 5 heteroatoms. The molecule has 0 saturated carbocycles. The van der Waals surface area contributed by atoms with Gasteiger partial charge in [-0.1, -0.05) is 31.9 Å². The molecule has 3 N–H and O–H groups in total. The zero-order valence-corrected chi connectivity index (χ0v) is 12.7. The molecule has 0 aliphatic heterocycles. The highest BCUT2D eigenvalue weighted by Crippen LogP contribution is 2.19. The second-order valence-electron chi connectivity index (χ2n) is 5.06. The van der Waals surface area contributed by atoms with Gasteiger partial charge >= 0.3 is 5.97 Å². The summed E-state index contributed by atoms with van der Waals surface area (Å²) in [6.45, 7) is 2.50. The first kappa shape index (κ1) is 17.5. The van der Waals surface area contributed by atoms with E-state index in [2.05, 4.69) is 5.32 Å². The maximum atomic E-state index is 11.1. The topological polar surface area (TPSA) is 78.8 Å². The molecule has 0 bridgehead atoms. The number of aliphatic hydroxyl groups excluding tert-OH is 1. The Morgan fingerprint density at radius 1 is 1.29 bits per heavy atom. The minimum absolute atomic E-state index is 0.466. The van der Waals surface area contributed by atoms with Crippen molar-refractivity contribution in [1.82, 2.24) is 5.32 Å². The van der Waals surface area contributed by atoms with E-state index in [-0.39, 0.29) is 0 Å². The van der Waals surface area contributed by atoms with Crippen molar-refractivity contribution in [2.24, 2.45) is 0 Å². The van der Waals surface area contributed by atoms with Gasteiger partial charge in [0.05, 0.1) is 13.2 Å². The Balaban J connectivity index is 2.40. The number of ether oxygens (including phenoxy) is 1. The highest BCUT2D eigenvalue weighted by Gasteiger charge is 2.16. The molecule has 0 heterocycles. The Morgan fingerprint density at radius 3 is 2.48 bits per heavy atom. The number of carboxylic acids is 1. The summed E-state index contributed by atoms with van der Waals surface area (Å²) < 4.78 is 5.07. The number of benzene rings is 1. The highest BCUT2D eigenvalue weighted by atomic mass is 16.5. The van der Waals surface area contributed by atoms with Crippen LogP contribution in [0, 0.1) is 0 Å². The predicted octanol–water partition coefficient (Wildman–Crippen LogP) is 2.35. The molecule has 0 aliphatic carbocycles. The minimum atomic E-state index is -0.831. The SMILES string of the molecule is CCCCC(NCCC(O)c1ccc(OC)cc1)C(=O)O. The second kappa shape index (κ2) is 9.37. The van der Waals surface area contributed by atoms with Crippen molar-refractivity contribution in [3.05, 3.63) is 29.8 Å². The lowest BCUT2D eigenvalue weighted by Crippen LogP contribution is -2.37. The number of methoxy groups -OCH3 is 1. The van der Waals surface area contributed by atoms with Gasteiger partial charge in [-0.25, -0.2) is 0 Å². The lowest BCUT2D eigenvalue weighted by Gasteiger charge is -2.16. The molecule has 118 valence electrons. The molecule has 0 aromatic heterocycles. The van der Waals surface area contributed by atoms with Crippen LogP contribution in [0.2, 0.25) is 0 Å². The summed E-state index contributed by atoms with van der Waals surface area (Å²) in [7, 11) is 1.59. The number of nitrogens with one attached hydrogen (secondary N) is 1. The fourth-order valence-corrected chi connectivity index (χ4v) is 2.11. The number of rotatable bonds is 10. The average Bonchev–Trinajstić information content (AvgIpc) is 2.50. The summed E-state index contributed by atoms with van der Waals surface area (Å²) in [5, 5.41) is 22.2. The van der Waals surface area contributed by atoms with Crippen LogP contribution in [0.4, 0.5) is 0 Å². The molecule has 1 aromatic rings. The smallest absolute Gasteiger partial charge is 0.320 e. The summed E-state index contributed by atoms with van der Waals surface area (Å²) in [6.07, 6.45) is 2.33. The first-order chi connectivity index (χ1) is 10.1. The first-order valence-electron chi connectivity index (χ1n) is 7.36. The van der Waals surface area contributed by atoms with Gasteiger partial charge in [0.25, 0.3) is 0 Å². The number of aliphatic carboxylic acids is 1. The molecule has 0 saturated heterocycles. The van der Waals surface area contributed by atoms with Gasteiger partial charge in [0.1, 0.15) is 11.8 Å². The molecular weight excluding hydrogens is 270 g/mol. The van der Waals surface area contributed by atoms with E-state index in [1.807, 2.05) is 19.1 Å². The standard InChI is InChI=1S/C16H25NO4/c1-3-4-5-14(16(19)20)17-11-10-15(18)12-6-8-13(21-2)9-7-12/h6-9,14-15,17-18H,3-5,10-11H2,1-2H3,(H,19,20). The maximum Gasteiger partial charge on any atom is 0.320 e. The largest absolute Gasteiger partial charge is 0.497 e. The Kier molecular flexibility index (Phi) is 7.79. The van der Waals surface area contributed by atoms with E-state index >= 15 is 0 Å². The molecule has 2 atom stereocenters. The van der Waals surface area contributed by atoms with Gasteiger partial charge in [0.15, 0.2) is 0 Å². The van der Waals surface area contributed by atoms with Crippen molar-refractivity contribution >= 4 is 5.97 Å². The zero-order chi connectivity index (χ0) is 15.7. The molecule has 0 aliphatic rings. The molecule has 0 fully saturated rings. The molecule has 1 aromatic carbocycles. The Morgan fingerprint density at radius 2 is 1.95 bits per heavy atom. The molecule has 0 amide bonds. The van der Waals surface area contributed by atoms with Gasteiger partial charge in [-0.2, -0.15) is 0 Å². The van der Waals surface area contributed by atoms with Gasteiger partial charge < -0.3 is 20.3 Å². The first-order valence-corrected chi connectivity index (χ1v) is 7.36. The maximum absolute atomic E-state index is 11.1. The third-order valence-corrected chi connectivity index (χ3v) is 3.45. The van der Waals surface area contributed by atoms with E-state index in [0.29, 0.717) is 19.4 Å². The highest BCUT2D eigenvalue weighted by molar-refractivity contribution is 5.73. The van der Waals surface area contributed by atoms with Crippen LogP contribution in [-0.2, 0) is 4.79 Å². The number of hydrogen-bond donors (Lipinski definition) is 3. The fourth-order valence-electron chi connectivity index (χ4n) is 2.11. The van der Waals surface area contributed by atoms with E-state index < -0.39 is 18.1 Å². The van der Waals surface area contributed by atoms with Crippen molar-refractivity contribution in [2.75, 3.05) is 13.7 Å². The van der Waals surface area contributed by atoms with Gasteiger partial charge in [0.2, 0.25) is 0 Å². The quantitative estimate of drug-likeness (QED) is 0.617. The molecule has 5 nitrogen and oxygen atoms in total. The van der Waals surface area contributed by atoms with Crippen LogP contribution in [0.1, 0.15) is 44.3 Å². The van der Waals surface area contributed by atoms with Crippen molar-refractivity contribution < 1.29 is 19.7 Å². The fraction of sp³-hybridized carbons (Fsp3) is 0.562. The number of aliphatic hydroxyl groups is 1. The van der Waals surface area contributed by atoms with Crippen LogP contribution in [0.15, 0.2) is 24.3 Å². The van der Waals surface area contributed by atoms with E-state index in [9.17, 15) is 9.90 Å². The Labute approximate surface area is 125 Å². The predicted molar refractivity (Wildman–Crippen MR) is 81.5 cm³/mol. The van der Waals surface area contributed by atoms with Gasteiger partial charge in [-0.3, -0.25) is 4.79 Å². The summed E-state index contributed by atoms with van der Waals surface area (Å²) in [4.78, 5) is 11.1. The molecule has 1 rings (SSSR count). The van der Waals surface area contributed by atoms with Crippen molar-refractivity contribution in [3.63, 3.8) is 0 Å². The average molecular weight is 295 g/mol. The van der Waals surface area contributed by atoms with Gasteiger partial charge in [-0.15, -0.1) is 0 Å². The van der Waals surface area contributed by atoms with Crippen LogP contribution in [0.3, 0.4) is 0 Å². The Hall–Kier alpha value is -1.59. The Bertz CT molecular complexity index is 419. The molecule has 21 heavy (non-hydrogen) atoms. The summed E-state index contributed by atoms with van der Waals surface area (Å²) in [5.74, 6) is -0.0861.